The van der Waals surface area contributed by atoms with Gasteiger partial charge in [-0.15, -0.1) is 0 Å². The van der Waals surface area contributed by atoms with E-state index in [0.29, 0.717) is 12.1 Å². The Labute approximate surface area is 210 Å². The Morgan fingerprint density at radius 1 is 0.667 bits per heavy atom. The van der Waals surface area contributed by atoms with Crippen LogP contribution < -0.4 is 10.6 Å². The molecular formula is C31H27N3O2. The number of hydrogen-bond acceptors (Lipinski definition) is 2. The first-order valence-corrected chi connectivity index (χ1v) is 12.0. The third kappa shape index (κ3) is 5.20. The number of H-pyrrole nitrogens is 1. The van der Waals surface area contributed by atoms with E-state index < -0.39 is 12.0 Å². The van der Waals surface area contributed by atoms with Crippen molar-refractivity contribution in [3.05, 3.63) is 138 Å². The van der Waals surface area contributed by atoms with Gasteiger partial charge >= 0.3 is 0 Å². The monoisotopic (exact) mass is 473 g/mol. The van der Waals surface area contributed by atoms with Crippen LogP contribution in [0.15, 0.2) is 121 Å². The molecule has 0 aliphatic rings. The average Bonchev–Trinajstić information content (AvgIpc) is 3.33. The van der Waals surface area contributed by atoms with Crippen molar-refractivity contribution in [2.24, 2.45) is 0 Å². The zero-order valence-electron chi connectivity index (χ0n) is 19.7. The molecule has 5 heteroatoms. The quantitative estimate of drug-likeness (QED) is 0.272. The lowest BCUT2D eigenvalue weighted by Gasteiger charge is -2.23. The molecule has 0 fully saturated rings. The summed E-state index contributed by atoms with van der Waals surface area (Å²) in [5.74, 6) is -1.03. The molecule has 0 aliphatic carbocycles. The predicted octanol–water partition coefficient (Wildman–Crippen LogP) is 5.67. The SMILES string of the molecule is O=C(N[C@H](Cc1c[nH]c2ccccc12)C(=O)Nc1ccccc1)C(c1ccccc1)c1ccccc1. The zero-order valence-corrected chi connectivity index (χ0v) is 19.7. The van der Waals surface area contributed by atoms with E-state index in [-0.39, 0.29) is 11.8 Å². The van der Waals surface area contributed by atoms with E-state index in [9.17, 15) is 9.59 Å². The second-order valence-electron chi connectivity index (χ2n) is 8.73. The van der Waals surface area contributed by atoms with E-state index in [1.165, 1.54) is 0 Å². The number of hydrogen-bond donors (Lipinski definition) is 3. The largest absolute Gasteiger partial charge is 0.361 e. The molecule has 5 nitrogen and oxygen atoms in total. The summed E-state index contributed by atoms with van der Waals surface area (Å²) in [6.45, 7) is 0. The Balaban J connectivity index is 1.46. The molecule has 5 aromatic rings. The van der Waals surface area contributed by atoms with Crippen molar-refractivity contribution in [3.8, 4) is 0 Å². The third-order valence-electron chi connectivity index (χ3n) is 6.30. The van der Waals surface area contributed by atoms with Crippen molar-refractivity contribution >= 4 is 28.4 Å². The summed E-state index contributed by atoms with van der Waals surface area (Å²) in [5.41, 5.74) is 4.39. The molecule has 178 valence electrons. The second-order valence-corrected chi connectivity index (χ2v) is 8.73. The molecule has 1 aromatic heterocycles. The number of amides is 2. The topological polar surface area (TPSA) is 74.0 Å². The Morgan fingerprint density at radius 2 is 1.22 bits per heavy atom. The molecule has 5 rings (SSSR count). The highest BCUT2D eigenvalue weighted by molar-refractivity contribution is 5.99. The maximum Gasteiger partial charge on any atom is 0.247 e. The summed E-state index contributed by atoms with van der Waals surface area (Å²) in [6, 6.07) is 35.8. The highest BCUT2D eigenvalue weighted by Crippen LogP contribution is 2.26. The van der Waals surface area contributed by atoms with Gasteiger partial charge in [0.15, 0.2) is 0 Å². The van der Waals surface area contributed by atoms with Crippen LogP contribution in [0.25, 0.3) is 10.9 Å². The van der Waals surface area contributed by atoms with Gasteiger partial charge in [0.1, 0.15) is 6.04 Å². The molecule has 3 N–H and O–H groups in total. The first kappa shape index (κ1) is 23.1. The smallest absolute Gasteiger partial charge is 0.247 e. The summed E-state index contributed by atoms with van der Waals surface area (Å²) < 4.78 is 0. The molecule has 36 heavy (non-hydrogen) atoms. The molecule has 1 atom stereocenters. The van der Waals surface area contributed by atoms with Crippen molar-refractivity contribution in [2.75, 3.05) is 5.32 Å². The first-order chi connectivity index (χ1) is 17.7. The summed E-state index contributed by atoms with van der Waals surface area (Å²) in [4.78, 5) is 30.5. The third-order valence-corrected chi connectivity index (χ3v) is 6.30. The highest BCUT2D eigenvalue weighted by Gasteiger charge is 2.28. The van der Waals surface area contributed by atoms with E-state index in [1.54, 1.807) is 0 Å². The van der Waals surface area contributed by atoms with E-state index >= 15 is 0 Å². The van der Waals surface area contributed by atoms with Gasteiger partial charge in [0.05, 0.1) is 5.92 Å². The first-order valence-electron chi connectivity index (χ1n) is 12.0. The van der Waals surface area contributed by atoms with Crippen molar-refractivity contribution in [2.45, 2.75) is 18.4 Å². The molecule has 0 unspecified atom stereocenters. The maximum atomic E-state index is 13.8. The molecule has 0 aliphatic heterocycles. The normalized spacial score (nSPS) is 11.8. The van der Waals surface area contributed by atoms with Gasteiger partial charge in [-0.1, -0.05) is 97.1 Å². The van der Waals surface area contributed by atoms with Crippen LogP contribution in [0.1, 0.15) is 22.6 Å². The fourth-order valence-corrected chi connectivity index (χ4v) is 4.52. The minimum Gasteiger partial charge on any atom is -0.361 e. The Kier molecular flexibility index (Phi) is 6.90. The van der Waals surface area contributed by atoms with Crippen LogP contribution in [0.4, 0.5) is 5.69 Å². The molecule has 1 heterocycles. The number of aromatic amines is 1. The molecule has 0 spiro atoms. The van der Waals surface area contributed by atoms with Gasteiger partial charge in [-0.25, -0.2) is 0 Å². The lowest BCUT2D eigenvalue weighted by atomic mass is 9.90. The Bertz CT molecular complexity index is 1410. The highest BCUT2D eigenvalue weighted by atomic mass is 16.2. The lowest BCUT2D eigenvalue weighted by Crippen LogP contribution is -2.47. The summed E-state index contributed by atoms with van der Waals surface area (Å²) in [6.07, 6.45) is 2.26. The number of aromatic nitrogens is 1. The number of carbonyl (C=O) groups is 2. The van der Waals surface area contributed by atoms with Crippen LogP contribution in [-0.4, -0.2) is 22.8 Å². The molecule has 0 saturated carbocycles. The number of para-hydroxylation sites is 2. The molecule has 0 saturated heterocycles. The number of anilines is 1. The van der Waals surface area contributed by atoms with Gasteiger partial charge in [-0.2, -0.15) is 0 Å². The maximum absolute atomic E-state index is 13.8. The number of rotatable bonds is 8. The fraction of sp³-hybridized carbons (Fsp3) is 0.0968. The van der Waals surface area contributed by atoms with Gasteiger partial charge in [-0.3, -0.25) is 9.59 Å². The van der Waals surface area contributed by atoms with E-state index in [2.05, 4.69) is 15.6 Å². The predicted molar refractivity (Wildman–Crippen MR) is 144 cm³/mol. The molecular weight excluding hydrogens is 446 g/mol. The van der Waals surface area contributed by atoms with Crippen LogP contribution in [0.3, 0.4) is 0 Å². The van der Waals surface area contributed by atoms with Crippen LogP contribution in [-0.2, 0) is 16.0 Å². The van der Waals surface area contributed by atoms with Crippen LogP contribution in [0.2, 0.25) is 0 Å². The standard InChI is InChI=1S/C31H27N3O2/c35-30(33-25-16-8-3-9-17-25)28(20-24-21-32-27-19-11-10-18-26(24)27)34-31(36)29(22-12-4-1-5-13-22)23-14-6-2-7-15-23/h1-19,21,28-29,32H,20H2,(H,33,35)(H,34,36)/t28-/m1/s1. The lowest BCUT2D eigenvalue weighted by molar-refractivity contribution is -0.126. The van der Waals surface area contributed by atoms with Gasteiger partial charge in [0.2, 0.25) is 11.8 Å². The van der Waals surface area contributed by atoms with Crippen LogP contribution in [0.5, 0.6) is 0 Å². The second kappa shape index (κ2) is 10.7. The van der Waals surface area contributed by atoms with E-state index in [1.807, 2.05) is 121 Å². The summed E-state index contributed by atoms with van der Waals surface area (Å²) >= 11 is 0. The van der Waals surface area contributed by atoms with E-state index in [0.717, 1.165) is 27.6 Å². The summed E-state index contributed by atoms with van der Waals surface area (Å²) in [5, 5.41) is 7.07. The van der Waals surface area contributed by atoms with Crippen LogP contribution >= 0.6 is 0 Å². The minimum absolute atomic E-state index is 0.222. The zero-order chi connectivity index (χ0) is 24.7. The van der Waals surface area contributed by atoms with Crippen LogP contribution in [0, 0.1) is 0 Å². The summed E-state index contributed by atoms with van der Waals surface area (Å²) in [7, 11) is 0. The van der Waals surface area contributed by atoms with Gasteiger partial charge in [0.25, 0.3) is 0 Å². The minimum atomic E-state index is -0.771. The molecule has 2 amide bonds. The van der Waals surface area contributed by atoms with Crippen molar-refractivity contribution < 1.29 is 9.59 Å². The Morgan fingerprint density at radius 3 is 1.86 bits per heavy atom. The number of benzene rings is 4. The molecule has 4 aromatic carbocycles. The molecule has 0 radical (unpaired) electrons. The van der Waals surface area contributed by atoms with Crippen molar-refractivity contribution in [1.82, 2.24) is 10.3 Å². The fourth-order valence-electron chi connectivity index (χ4n) is 4.52. The number of fused-ring (bicyclic) bond motifs is 1. The van der Waals surface area contributed by atoms with Gasteiger partial charge < -0.3 is 15.6 Å². The van der Waals surface area contributed by atoms with Crippen molar-refractivity contribution in [3.63, 3.8) is 0 Å². The van der Waals surface area contributed by atoms with Crippen molar-refractivity contribution in [1.29, 1.82) is 0 Å². The van der Waals surface area contributed by atoms with E-state index in [4.69, 9.17) is 0 Å². The van der Waals surface area contributed by atoms with Gasteiger partial charge in [-0.05, 0) is 34.9 Å². The average molecular weight is 474 g/mol. The number of carbonyl (C=O) groups excluding carboxylic acids is 2. The number of nitrogens with one attached hydrogen (secondary N) is 3. The van der Waals surface area contributed by atoms with Gasteiger partial charge in [0, 0.05) is 29.2 Å². The Hall–Kier alpha value is -4.64. The molecule has 0 bridgehead atoms.